The zero-order valence-corrected chi connectivity index (χ0v) is 10.6. The number of aliphatic hydroxyl groups is 1. The maximum atomic E-state index is 11.8. The van der Waals surface area contributed by atoms with Crippen molar-refractivity contribution in [3.05, 3.63) is 35.9 Å². The average molecular weight is 250 g/mol. The minimum atomic E-state index is -0.479. The van der Waals surface area contributed by atoms with Crippen molar-refractivity contribution in [3.63, 3.8) is 0 Å². The highest BCUT2D eigenvalue weighted by Crippen LogP contribution is 2.24. The van der Waals surface area contributed by atoms with Crippen LogP contribution in [-0.4, -0.2) is 35.5 Å². The minimum absolute atomic E-state index is 0.201. The molecule has 1 fully saturated rings. The second-order valence-corrected chi connectivity index (χ2v) is 4.66. The Morgan fingerprint density at radius 1 is 1.44 bits per heavy atom. The summed E-state index contributed by atoms with van der Waals surface area (Å²) in [4.78, 5) is 11.8. The van der Waals surface area contributed by atoms with Crippen LogP contribution in [0.25, 0.3) is 0 Å². The molecule has 18 heavy (non-hydrogen) atoms. The molecule has 0 amide bonds. The molecule has 1 N–H and O–H groups in total. The molecular formula is C14H18O4. The molecule has 4 heteroatoms. The fraction of sp³-hybridized carbons (Fsp3) is 0.500. The third kappa shape index (κ3) is 2.89. The van der Waals surface area contributed by atoms with Gasteiger partial charge in [-0.15, -0.1) is 0 Å². The van der Waals surface area contributed by atoms with Gasteiger partial charge < -0.3 is 14.6 Å². The Morgan fingerprint density at radius 3 is 2.67 bits per heavy atom. The number of carbonyl (C=O) groups is 1. The molecule has 1 aromatic rings. The van der Waals surface area contributed by atoms with Gasteiger partial charge in [-0.05, 0) is 26.0 Å². The van der Waals surface area contributed by atoms with Crippen molar-refractivity contribution >= 4 is 5.97 Å². The number of hydrogen-bond donors (Lipinski definition) is 1. The maximum Gasteiger partial charge on any atom is 0.338 e. The van der Waals surface area contributed by atoms with Gasteiger partial charge in [-0.2, -0.15) is 0 Å². The third-order valence-corrected chi connectivity index (χ3v) is 3.23. The summed E-state index contributed by atoms with van der Waals surface area (Å²) >= 11 is 0. The highest BCUT2D eigenvalue weighted by atomic mass is 16.6. The quantitative estimate of drug-likeness (QED) is 0.831. The largest absolute Gasteiger partial charge is 0.456 e. The van der Waals surface area contributed by atoms with Gasteiger partial charge >= 0.3 is 5.97 Å². The van der Waals surface area contributed by atoms with Crippen LogP contribution in [0.5, 0.6) is 0 Å². The standard InChI is InChI=1S/C14H18O4/c1-9-12(15)8-13(17-9)10(2)18-14(16)11-6-4-3-5-7-11/h3-7,9-10,12-13,15H,8H2,1-2H3/t9?,10?,12-,13-/m0/s1. The molecule has 1 aromatic carbocycles. The van der Waals surface area contributed by atoms with Gasteiger partial charge in [0.15, 0.2) is 0 Å². The van der Waals surface area contributed by atoms with Crippen LogP contribution in [0.2, 0.25) is 0 Å². The smallest absolute Gasteiger partial charge is 0.338 e. The predicted octanol–water partition coefficient (Wildman–Crippen LogP) is 1.77. The number of esters is 1. The molecule has 0 bridgehead atoms. The normalized spacial score (nSPS) is 28.9. The molecule has 1 saturated heterocycles. The Kier molecular flexibility index (Phi) is 3.99. The molecule has 0 saturated carbocycles. The highest BCUT2D eigenvalue weighted by Gasteiger charge is 2.35. The van der Waals surface area contributed by atoms with Crippen molar-refractivity contribution in [2.24, 2.45) is 0 Å². The fourth-order valence-corrected chi connectivity index (χ4v) is 2.04. The van der Waals surface area contributed by atoms with Crippen LogP contribution in [0.4, 0.5) is 0 Å². The van der Waals surface area contributed by atoms with Gasteiger partial charge in [-0.25, -0.2) is 4.79 Å². The first kappa shape index (κ1) is 13.1. The Labute approximate surface area is 107 Å². The second kappa shape index (κ2) is 5.50. The van der Waals surface area contributed by atoms with Gasteiger partial charge in [0.1, 0.15) is 6.10 Å². The van der Waals surface area contributed by atoms with Gasteiger partial charge in [0, 0.05) is 6.42 Å². The first-order chi connectivity index (χ1) is 8.58. The summed E-state index contributed by atoms with van der Waals surface area (Å²) in [6.07, 6.45) is -0.773. The molecule has 2 unspecified atom stereocenters. The molecule has 98 valence electrons. The third-order valence-electron chi connectivity index (χ3n) is 3.23. The lowest BCUT2D eigenvalue weighted by Gasteiger charge is -2.19. The van der Waals surface area contributed by atoms with Crippen LogP contribution in [0.15, 0.2) is 30.3 Å². The second-order valence-electron chi connectivity index (χ2n) is 4.66. The average Bonchev–Trinajstić information content (AvgIpc) is 2.71. The number of ether oxygens (including phenoxy) is 2. The topological polar surface area (TPSA) is 55.8 Å². The minimum Gasteiger partial charge on any atom is -0.456 e. The van der Waals surface area contributed by atoms with E-state index in [1.54, 1.807) is 31.2 Å². The maximum absolute atomic E-state index is 11.8. The van der Waals surface area contributed by atoms with E-state index in [0.29, 0.717) is 12.0 Å². The predicted molar refractivity (Wildman–Crippen MR) is 66.3 cm³/mol. The van der Waals surface area contributed by atoms with E-state index in [1.807, 2.05) is 13.0 Å². The zero-order valence-electron chi connectivity index (χ0n) is 10.6. The van der Waals surface area contributed by atoms with Gasteiger partial charge in [-0.3, -0.25) is 0 Å². The van der Waals surface area contributed by atoms with E-state index in [4.69, 9.17) is 9.47 Å². The van der Waals surface area contributed by atoms with Crippen molar-refractivity contribution in [2.45, 2.75) is 44.7 Å². The summed E-state index contributed by atoms with van der Waals surface area (Å²) in [5.74, 6) is -0.360. The van der Waals surface area contributed by atoms with E-state index in [2.05, 4.69) is 0 Å². The lowest BCUT2D eigenvalue weighted by atomic mass is 10.1. The van der Waals surface area contributed by atoms with Crippen LogP contribution >= 0.6 is 0 Å². The lowest BCUT2D eigenvalue weighted by Crippen LogP contribution is -2.28. The molecule has 1 heterocycles. The van der Waals surface area contributed by atoms with Crippen LogP contribution in [0.1, 0.15) is 30.6 Å². The molecule has 0 radical (unpaired) electrons. The van der Waals surface area contributed by atoms with E-state index in [9.17, 15) is 9.90 Å². The van der Waals surface area contributed by atoms with Crippen molar-refractivity contribution in [1.82, 2.24) is 0 Å². The molecule has 1 aliphatic rings. The van der Waals surface area contributed by atoms with Gasteiger partial charge in [0.2, 0.25) is 0 Å². The van der Waals surface area contributed by atoms with E-state index in [-0.39, 0.29) is 24.3 Å². The summed E-state index contributed by atoms with van der Waals surface area (Å²) < 4.78 is 10.9. The Bertz CT molecular complexity index is 394. The monoisotopic (exact) mass is 250 g/mol. The molecular weight excluding hydrogens is 232 g/mol. The lowest BCUT2D eigenvalue weighted by molar-refractivity contribution is -0.0443. The summed E-state index contributed by atoms with van der Waals surface area (Å²) in [6, 6.07) is 8.85. The molecule has 0 aromatic heterocycles. The van der Waals surface area contributed by atoms with E-state index >= 15 is 0 Å². The van der Waals surface area contributed by atoms with Crippen LogP contribution in [0.3, 0.4) is 0 Å². The molecule has 4 atom stereocenters. The van der Waals surface area contributed by atoms with Crippen molar-refractivity contribution in [2.75, 3.05) is 0 Å². The molecule has 0 spiro atoms. The number of aliphatic hydroxyl groups excluding tert-OH is 1. The van der Waals surface area contributed by atoms with E-state index in [1.165, 1.54) is 0 Å². The molecule has 1 aliphatic heterocycles. The van der Waals surface area contributed by atoms with Crippen LogP contribution < -0.4 is 0 Å². The van der Waals surface area contributed by atoms with E-state index in [0.717, 1.165) is 0 Å². The highest BCUT2D eigenvalue weighted by molar-refractivity contribution is 5.89. The SMILES string of the molecule is CC(OC(=O)c1ccccc1)[C@@H]1C[C@H](O)C(C)O1. The van der Waals surface area contributed by atoms with Crippen molar-refractivity contribution in [3.8, 4) is 0 Å². The number of carbonyl (C=O) groups excluding carboxylic acids is 1. The van der Waals surface area contributed by atoms with Crippen molar-refractivity contribution in [1.29, 1.82) is 0 Å². The van der Waals surface area contributed by atoms with Gasteiger partial charge in [0.05, 0.1) is 23.9 Å². The first-order valence-corrected chi connectivity index (χ1v) is 6.17. The fourth-order valence-electron chi connectivity index (χ4n) is 2.04. The Balaban J connectivity index is 1.92. The summed E-state index contributed by atoms with van der Waals surface area (Å²) in [7, 11) is 0. The number of benzene rings is 1. The van der Waals surface area contributed by atoms with Crippen molar-refractivity contribution < 1.29 is 19.4 Å². The Hall–Kier alpha value is -1.39. The number of rotatable bonds is 3. The Morgan fingerprint density at radius 2 is 2.11 bits per heavy atom. The summed E-state index contributed by atoms with van der Waals surface area (Å²) in [6.45, 7) is 3.60. The van der Waals surface area contributed by atoms with Gasteiger partial charge in [0.25, 0.3) is 0 Å². The van der Waals surface area contributed by atoms with Crippen LogP contribution in [0, 0.1) is 0 Å². The zero-order chi connectivity index (χ0) is 13.1. The molecule has 0 aliphatic carbocycles. The molecule has 4 nitrogen and oxygen atoms in total. The van der Waals surface area contributed by atoms with Gasteiger partial charge in [-0.1, -0.05) is 18.2 Å². The summed E-state index contributed by atoms with van der Waals surface area (Å²) in [5.41, 5.74) is 0.524. The van der Waals surface area contributed by atoms with Crippen LogP contribution in [-0.2, 0) is 9.47 Å². The van der Waals surface area contributed by atoms with E-state index < -0.39 is 6.10 Å². The summed E-state index contributed by atoms with van der Waals surface area (Å²) in [5, 5.41) is 9.60. The first-order valence-electron chi connectivity index (χ1n) is 6.17. The molecule has 2 rings (SSSR count). The number of hydrogen-bond acceptors (Lipinski definition) is 4.